The van der Waals surface area contributed by atoms with Crippen LogP contribution in [-0.2, 0) is 13.6 Å². The molecule has 1 amide bonds. The predicted molar refractivity (Wildman–Crippen MR) is 66.6 cm³/mol. The molecule has 0 fully saturated rings. The number of amides is 1. The van der Waals surface area contributed by atoms with Crippen LogP contribution in [0.2, 0.25) is 0 Å². The van der Waals surface area contributed by atoms with Crippen molar-refractivity contribution in [3.63, 3.8) is 0 Å². The van der Waals surface area contributed by atoms with Gasteiger partial charge in [0.1, 0.15) is 5.82 Å². The van der Waals surface area contributed by atoms with Crippen LogP contribution in [0.15, 0.2) is 18.2 Å². The summed E-state index contributed by atoms with van der Waals surface area (Å²) in [6.07, 6.45) is 0. The van der Waals surface area contributed by atoms with Gasteiger partial charge in [-0.15, -0.1) is 0 Å². The molecule has 1 heterocycles. The number of nitrogens with one attached hydrogen (secondary N) is 1. The van der Waals surface area contributed by atoms with E-state index in [1.54, 1.807) is 0 Å². The van der Waals surface area contributed by atoms with Gasteiger partial charge in [0.2, 0.25) is 0 Å². The Morgan fingerprint density at radius 2 is 2.31 bits per heavy atom. The summed E-state index contributed by atoms with van der Waals surface area (Å²) in [5.41, 5.74) is 3.10. The summed E-state index contributed by atoms with van der Waals surface area (Å²) in [5, 5.41) is 2.69. The topological polar surface area (TPSA) is 46.9 Å². The lowest BCUT2D eigenvalue weighted by atomic mass is 10.2. The molecule has 1 N–H and O–H groups in total. The van der Waals surface area contributed by atoms with E-state index < -0.39 is 0 Å². The lowest BCUT2D eigenvalue weighted by Crippen LogP contribution is -2.14. The highest BCUT2D eigenvalue weighted by atomic mass is 79.9. The zero-order chi connectivity index (χ0) is 11.7. The van der Waals surface area contributed by atoms with Crippen molar-refractivity contribution in [2.24, 2.45) is 7.05 Å². The number of rotatable bonds is 2. The van der Waals surface area contributed by atoms with Crippen LogP contribution >= 0.6 is 15.9 Å². The molecule has 0 aliphatic carbocycles. The molecular formula is C11H12BrN3O. The summed E-state index contributed by atoms with van der Waals surface area (Å²) in [4.78, 5) is 15.0. The summed E-state index contributed by atoms with van der Waals surface area (Å²) in [6, 6.07) is 6.00. The summed E-state index contributed by atoms with van der Waals surface area (Å²) in [7, 11) is 1.99. The minimum Gasteiger partial charge on any atom is -0.343 e. The standard InChI is InChI=1S/C11H12BrN3O/c1-7-14-9-5-8(6-13-11(12)16)3-4-10(9)15(7)2/h3-5H,6H2,1-2H3,(H,13,16). The molecule has 1 aromatic carbocycles. The van der Waals surface area contributed by atoms with Crippen molar-refractivity contribution in [3.05, 3.63) is 29.6 Å². The number of hydrogen-bond acceptors (Lipinski definition) is 2. The van der Waals surface area contributed by atoms with Gasteiger partial charge in [-0.2, -0.15) is 0 Å². The van der Waals surface area contributed by atoms with E-state index >= 15 is 0 Å². The average molecular weight is 282 g/mol. The zero-order valence-corrected chi connectivity index (χ0v) is 10.7. The Hall–Kier alpha value is -1.36. The third-order valence-corrected chi connectivity index (χ3v) is 2.88. The van der Waals surface area contributed by atoms with Gasteiger partial charge in [-0.1, -0.05) is 6.07 Å². The third-order valence-electron chi connectivity index (χ3n) is 2.60. The van der Waals surface area contributed by atoms with Crippen LogP contribution in [0.5, 0.6) is 0 Å². The second-order valence-corrected chi connectivity index (χ2v) is 4.39. The van der Waals surface area contributed by atoms with E-state index in [9.17, 15) is 4.79 Å². The smallest absolute Gasteiger partial charge is 0.287 e. The molecule has 0 atom stereocenters. The van der Waals surface area contributed by atoms with Crippen molar-refractivity contribution in [1.29, 1.82) is 0 Å². The summed E-state index contributed by atoms with van der Waals surface area (Å²) < 4.78 is 2.04. The normalized spacial score (nSPS) is 10.7. The van der Waals surface area contributed by atoms with Crippen molar-refractivity contribution in [1.82, 2.24) is 14.9 Å². The van der Waals surface area contributed by atoms with Gasteiger partial charge in [0.25, 0.3) is 4.82 Å². The van der Waals surface area contributed by atoms with Gasteiger partial charge in [0.15, 0.2) is 0 Å². The van der Waals surface area contributed by atoms with E-state index in [1.807, 2.05) is 36.7 Å². The van der Waals surface area contributed by atoms with Crippen molar-refractivity contribution in [2.75, 3.05) is 0 Å². The molecule has 5 heteroatoms. The molecule has 16 heavy (non-hydrogen) atoms. The maximum atomic E-state index is 10.7. The average Bonchev–Trinajstić information content (AvgIpc) is 2.52. The maximum absolute atomic E-state index is 10.7. The van der Waals surface area contributed by atoms with Gasteiger partial charge in [-0.05, 0) is 24.6 Å². The Morgan fingerprint density at radius 1 is 1.56 bits per heavy atom. The highest BCUT2D eigenvalue weighted by Gasteiger charge is 2.04. The highest BCUT2D eigenvalue weighted by molar-refractivity contribution is 9.18. The molecule has 0 saturated carbocycles. The van der Waals surface area contributed by atoms with Crippen LogP contribution in [0.4, 0.5) is 4.79 Å². The Morgan fingerprint density at radius 3 is 3.00 bits per heavy atom. The molecule has 84 valence electrons. The first-order valence-electron chi connectivity index (χ1n) is 4.93. The van der Waals surface area contributed by atoms with Crippen molar-refractivity contribution in [3.8, 4) is 0 Å². The SMILES string of the molecule is Cc1nc2cc(CNC(=O)Br)ccc2n1C. The molecule has 0 bridgehead atoms. The van der Waals surface area contributed by atoms with E-state index in [-0.39, 0.29) is 4.82 Å². The van der Waals surface area contributed by atoms with E-state index in [0.29, 0.717) is 6.54 Å². The number of carbonyl (C=O) groups is 1. The molecule has 0 saturated heterocycles. The largest absolute Gasteiger partial charge is 0.343 e. The molecule has 4 nitrogen and oxygen atoms in total. The summed E-state index contributed by atoms with van der Waals surface area (Å²) >= 11 is 2.83. The molecule has 0 unspecified atom stereocenters. The van der Waals surface area contributed by atoms with E-state index in [4.69, 9.17) is 0 Å². The number of imidazole rings is 1. The molecule has 0 radical (unpaired) electrons. The Labute approximate surface area is 102 Å². The number of hydrogen-bond donors (Lipinski definition) is 1. The van der Waals surface area contributed by atoms with Gasteiger partial charge in [0.05, 0.1) is 11.0 Å². The third kappa shape index (κ3) is 2.09. The van der Waals surface area contributed by atoms with E-state index in [2.05, 4.69) is 26.2 Å². The molecule has 1 aromatic heterocycles. The fourth-order valence-corrected chi connectivity index (χ4v) is 1.79. The van der Waals surface area contributed by atoms with E-state index in [0.717, 1.165) is 22.4 Å². The highest BCUT2D eigenvalue weighted by Crippen LogP contribution is 2.16. The van der Waals surface area contributed by atoms with Crippen LogP contribution in [0.1, 0.15) is 11.4 Å². The number of carbonyl (C=O) groups excluding carboxylic acids is 1. The zero-order valence-electron chi connectivity index (χ0n) is 9.12. The van der Waals surface area contributed by atoms with Crippen molar-refractivity contribution in [2.45, 2.75) is 13.5 Å². The number of nitrogens with zero attached hydrogens (tertiary/aromatic N) is 2. The molecule has 2 rings (SSSR count). The monoisotopic (exact) mass is 281 g/mol. The van der Waals surface area contributed by atoms with Gasteiger partial charge in [0, 0.05) is 29.5 Å². The van der Waals surface area contributed by atoms with Gasteiger partial charge >= 0.3 is 0 Å². The number of benzene rings is 1. The minimum absolute atomic E-state index is 0.204. The minimum atomic E-state index is -0.204. The number of aromatic nitrogens is 2. The molecular weight excluding hydrogens is 270 g/mol. The lowest BCUT2D eigenvalue weighted by molar-refractivity contribution is 0.261. The number of aryl methyl sites for hydroxylation is 2. The fourth-order valence-electron chi connectivity index (χ4n) is 1.65. The lowest BCUT2D eigenvalue weighted by Gasteiger charge is -2.01. The first-order valence-corrected chi connectivity index (χ1v) is 5.72. The van der Waals surface area contributed by atoms with Crippen LogP contribution in [0, 0.1) is 6.92 Å². The summed E-state index contributed by atoms with van der Waals surface area (Å²) in [5.74, 6) is 0.983. The molecule has 2 aromatic rings. The van der Waals surface area contributed by atoms with Crippen molar-refractivity contribution >= 4 is 31.8 Å². The van der Waals surface area contributed by atoms with Crippen LogP contribution in [0.3, 0.4) is 0 Å². The quantitative estimate of drug-likeness (QED) is 0.679. The second kappa shape index (κ2) is 4.25. The van der Waals surface area contributed by atoms with Crippen LogP contribution in [0.25, 0.3) is 11.0 Å². The van der Waals surface area contributed by atoms with Gasteiger partial charge in [-0.25, -0.2) is 4.98 Å². The molecule has 0 aliphatic heterocycles. The second-order valence-electron chi connectivity index (χ2n) is 3.67. The fraction of sp³-hybridized carbons (Fsp3) is 0.273. The predicted octanol–water partition coefficient (Wildman–Crippen LogP) is 2.49. The molecule has 0 aliphatic rings. The van der Waals surface area contributed by atoms with Crippen LogP contribution in [-0.4, -0.2) is 14.4 Å². The first-order chi connectivity index (χ1) is 7.58. The Kier molecular flexibility index (Phi) is 2.96. The van der Waals surface area contributed by atoms with E-state index in [1.165, 1.54) is 0 Å². The first kappa shape index (κ1) is 11.1. The maximum Gasteiger partial charge on any atom is 0.287 e. The van der Waals surface area contributed by atoms with Gasteiger partial charge in [-0.3, -0.25) is 4.79 Å². The van der Waals surface area contributed by atoms with Crippen molar-refractivity contribution < 1.29 is 4.79 Å². The summed E-state index contributed by atoms with van der Waals surface area (Å²) in [6.45, 7) is 2.48. The molecule has 0 spiro atoms. The Bertz CT molecular complexity index is 547. The number of halogens is 1. The number of fused-ring (bicyclic) bond motifs is 1. The Balaban J connectivity index is 2.33. The van der Waals surface area contributed by atoms with Crippen LogP contribution < -0.4 is 5.32 Å². The van der Waals surface area contributed by atoms with Gasteiger partial charge < -0.3 is 9.88 Å².